The number of fused-ring (bicyclic) bond motifs is 1. The number of hydrogen-bond donors (Lipinski definition) is 2. The van der Waals surface area contributed by atoms with Gasteiger partial charge in [-0.15, -0.1) is 0 Å². The van der Waals surface area contributed by atoms with E-state index >= 15 is 0 Å². The highest BCUT2D eigenvalue weighted by atomic mass is 19.4. The van der Waals surface area contributed by atoms with Crippen LogP contribution in [-0.2, 0) is 39.8 Å². The van der Waals surface area contributed by atoms with Crippen molar-refractivity contribution in [1.82, 2.24) is 10.2 Å². The summed E-state index contributed by atoms with van der Waals surface area (Å²) in [7, 11) is 1.54. The van der Waals surface area contributed by atoms with Gasteiger partial charge in [-0.25, -0.2) is 9.59 Å². The predicted octanol–water partition coefficient (Wildman–Crippen LogP) is 6.48. The SMILES string of the molecule is CCCCCC1(CCCCC)OC2C=C(C(=O)N(C)C(Cc3ccccc3)C(=O)NCCO)CC(OC(=O)c3ccc(C=CC(=O)OCC(F)(F)F)cc3)C2O1. The molecule has 4 unspecified atom stereocenters. The summed E-state index contributed by atoms with van der Waals surface area (Å²) in [5.41, 5.74) is 1.70. The van der Waals surface area contributed by atoms with Crippen LogP contribution in [0.4, 0.5) is 13.2 Å². The quantitative estimate of drug-likeness (QED) is 0.0877. The van der Waals surface area contributed by atoms with Gasteiger partial charge in [0.05, 0.1) is 12.2 Å². The largest absolute Gasteiger partial charge is 0.456 e. The molecule has 0 radical (unpaired) electrons. The summed E-state index contributed by atoms with van der Waals surface area (Å²) in [5.74, 6) is -3.70. The van der Waals surface area contributed by atoms with Crippen LogP contribution in [0.15, 0.2) is 72.3 Å². The number of amides is 2. The van der Waals surface area contributed by atoms with Gasteiger partial charge in [-0.05, 0) is 48.3 Å². The fraction of sp³-hybridized carbons (Fsp3) is 0.524. The number of carbonyl (C=O) groups is 4. The maximum atomic E-state index is 14.3. The van der Waals surface area contributed by atoms with Gasteiger partial charge in [0, 0.05) is 50.9 Å². The zero-order valence-electron chi connectivity index (χ0n) is 32.2. The molecule has 2 amide bonds. The number of unbranched alkanes of at least 4 members (excludes halogenated alkanes) is 4. The van der Waals surface area contributed by atoms with E-state index in [1.807, 2.05) is 30.3 Å². The number of hydrogen-bond acceptors (Lipinski definition) is 9. The van der Waals surface area contributed by atoms with Gasteiger partial charge in [-0.2, -0.15) is 13.2 Å². The minimum Gasteiger partial charge on any atom is -0.456 e. The fourth-order valence-corrected chi connectivity index (χ4v) is 6.80. The highest BCUT2D eigenvalue weighted by molar-refractivity contribution is 5.97. The summed E-state index contributed by atoms with van der Waals surface area (Å²) in [6.07, 6.45) is 3.90. The predicted molar refractivity (Wildman–Crippen MR) is 202 cm³/mol. The number of ether oxygens (including phenoxy) is 4. The molecule has 0 bridgehead atoms. The lowest BCUT2D eigenvalue weighted by atomic mass is 9.90. The lowest BCUT2D eigenvalue weighted by Gasteiger charge is -2.33. The zero-order chi connectivity index (χ0) is 40.7. The molecular formula is C42H53F3N2O9. The van der Waals surface area contributed by atoms with Crippen LogP contribution in [0.3, 0.4) is 0 Å². The van der Waals surface area contributed by atoms with E-state index in [-0.39, 0.29) is 31.6 Å². The molecule has 2 N–H and O–H groups in total. The van der Waals surface area contributed by atoms with E-state index in [1.54, 1.807) is 13.1 Å². The summed E-state index contributed by atoms with van der Waals surface area (Å²) in [6, 6.07) is 14.2. The molecule has 2 aromatic carbocycles. The smallest absolute Gasteiger partial charge is 0.422 e. The monoisotopic (exact) mass is 786 g/mol. The maximum absolute atomic E-state index is 14.3. The molecule has 1 aliphatic carbocycles. The molecular weight excluding hydrogens is 733 g/mol. The minimum absolute atomic E-state index is 0.0172. The van der Waals surface area contributed by atoms with Gasteiger partial charge >= 0.3 is 18.1 Å². The second kappa shape index (κ2) is 21.1. The second-order valence-electron chi connectivity index (χ2n) is 14.1. The van der Waals surface area contributed by atoms with Gasteiger partial charge in [0.2, 0.25) is 11.8 Å². The molecule has 1 aliphatic heterocycles. The van der Waals surface area contributed by atoms with Crippen molar-refractivity contribution in [1.29, 1.82) is 0 Å². The highest BCUT2D eigenvalue weighted by Gasteiger charge is 2.52. The Balaban J connectivity index is 1.59. The van der Waals surface area contributed by atoms with Crippen molar-refractivity contribution in [3.8, 4) is 0 Å². The lowest BCUT2D eigenvalue weighted by Crippen LogP contribution is -2.51. The Labute approximate surface area is 326 Å². The second-order valence-corrected chi connectivity index (χ2v) is 14.1. The number of halogens is 3. The average molecular weight is 787 g/mol. The highest BCUT2D eigenvalue weighted by Crippen LogP contribution is 2.43. The minimum atomic E-state index is -4.65. The van der Waals surface area contributed by atoms with Crippen LogP contribution in [0.2, 0.25) is 0 Å². The van der Waals surface area contributed by atoms with Crippen molar-refractivity contribution in [2.24, 2.45) is 0 Å². The first kappa shape index (κ1) is 44.2. The zero-order valence-corrected chi connectivity index (χ0v) is 32.2. The van der Waals surface area contributed by atoms with Crippen LogP contribution >= 0.6 is 0 Å². The maximum Gasteiger partial charge on any atom is 0.422 e. The number of esters is 2. The molecule has 4 rings (SSSR count). The standard InChI is InChI=1S/C42H53F3N2O9/c1-4-6-11-21-41(22-12-7-5-2)55-35-27-32(39(51)47(3)33(38(50)46-23-24-48)25-30-13-9-8-10-14-30)26-34(37(35)56-41)54-40(52)31-18-15-29(16-19-31)17-20-36(49)53-28-42(43,44)45/h8-10,13-20,27,33-35,37,48H,4-7,11-12,21-26,28H2,1-3H3,(H,46,50). The molecule has 2 aromatic rings. The topological polar surface area (TPSA) is 141 Å². The third-order valence-electron chi connectivity index (χ3n) is 9.74. The summed E-state index contributed by atoms with van der Waals surface area (Å²) >= 11 is 0. The van der Waals surface area contributed by atoms with Crippen LogP contribution in [0.5, 0.6) is 0 Å². The molecule has 2 aliphatic rings. The number of nitrogens with one attached hydrogen (secondary N) is 1. The number of aliphatic hydroxyl groups excluding tert-OH is 1. The molecule has 56 heavy (non-hydrogen) atoms. The molecule has 0 saturated carbocycles. The van der Waals surface area contributed by atoms with Crippen LogP contribution in [0.1, 0.15) is 93.1 Å². The van der Waals surface area contributed by atoms with Crippen LogP contribution < -0.4 is 5.32 Å². The summed E-state index contributed by atoms with van der Waals surface area (Å²) in [5, 5.41) is 12.0. The third-order valence-corrected chi connectivity index (χ3v) is 9.74. The molecule has 0 spiro atoms. The van der Waals surface area contributed by atoms with Crippen molar-refractivity contribution < 1.29 is 56.4 Å². The lowest BCUT2D eigenvalue weighted by molar-refractivity contribution is -0.190. The van der Waals surface area contributed by atoms with Crippen molar-refractivity contribution in [3.63, 3.8) is 0 Å². The molecule has 1 saturated heterocycles. The number of alkyl halides is 3. The van der Waals surface area contributed by atoms with Crippen LogP contribution in [0.25, 0.3) is 6.08 Å². The fourth-order valence-electron chi connectivity index (χ4n) is 6.80. The summed E-state index contributed by atoms with van der Waals surface area (Å²) in [6.45, 7) is 2.27. The van der Waals surface area contributed by atoms with Crippen LogP contribution in [0, 0.1) is 0 Å². The number of carbonyl (C=O) groups excluding carboxylic acids is 4. The molecule has 4 atom stereocenters. The number of aliphatic hydroxyl groups is 1. The Hall–Kier alpha value is -4.53. The number of benzene rings is 2. The number of rotatable bonds is 20. The van der Waals surface area contributed by atoms with E-state index in [4.69, 9.17) is 14.2 Å². The Kier molecular flexibility index (Phi) is 16.7. The van der Waals surface area contributed by atoms with Gasteiger partial charge < -0.3 is 34.3 Å². The van der Waals surface area contributed by atoms with E-state index in [9.17, 15) is 37.5 Å². The van der Waals surface area contributed by atoms with E-state index in [1.165, 1.54) is 35.2 Å². The summed E-state index contributed by atoms with van der Waals surface area (Å²) in [4.78, 5) is 54.4. The van der Waals surface area contributed by atoms with Gasteiger partial charge in [-0.1, -0.05) is 82.0 Å². The van der Waals surface area contributed by atoms with Gasteiger partial charge in [-0.3, -0.25) is 9.59 Å². The number of likely N-dealkylation sites (N-methyl/N-ethyl adjacent to an activating group) is 1. The number of nitrogens with zero attached hydrogens (tertiary/aromatic N) is 1. The molecule has 0 aromatic heterocycles. The third kappa shape index (κ3) is 13.0. The Morgan fingerprint density at radius 1 is 0.982 bits per heavy atom. The van der Waals surface area contributed by atoms with Gasteiger partial charge in [0.1, 0.15) is 24.4 Å². The van der Waals surface area contributed by atoms with Gasteiger partial charge in [0.15, 0.2) is 12.4 Å². The summed E-state index contributed by atoms with van der Waals surface area (Å²) < 4.78 is 60.8. The van der Waals surface area contributed by atoms with Crippen molar-refractivity contribution >= 4 is 29.8 Å². The molecule has 14 heteroatoms. The van der Waals surface area contributed by atoms with E-state index in [0.29, 0.717) is 24.0 Å². The first-order valence-electron chi connectivity index (χ1n) is 19.3. The molecule has 306 valence electrons. The van der Waals surface area contributed by atoms with Crippen LogP contribution in [-0.4, -0.2) is 96.9 Å². The van der Waals surface area contributed by atoms with Gasteiger partial charge in [0.25, 0.3) is 0 Å². The van der Waals surface area contributed by atoms with Crippen molar-refractivity contribution in [2.45, 2.75) is 114 Å². The first-order chi connectivity index (χ1) is 26.8. The Morgan fingerprint density at radius 2 is 1.64 bits per heavy atom. The van der Waals surface area contributed by atoms with E-state index < -0.39 is 66.7 Å². The normalized spacial score (nSPS) is 19.5. The molecule has 1 heterocycles. The Bertz CT molecular complexity index is 1650. The first-order valence-corrected chi connectivity index (χ1v) is 19.3. The Morgan fingerprint density at radius 3 is 2.25 bits per heavy atom. The average Bonchev–Trinajstić information content (AvgIpc) is 3.56. The molecule has 11 nitrogen and oxygen atoms in total. The van der Waals surface area contributed by atoms with E-state index in [2.05, 4.69) is 23.9 Å². The van der Waals surface area contributed by atoms with E-state index in [0.717, 1.165) is 50.2 Å². The van der Waals surface area contributed by atoms with Crippen molar-refractivity contribution in [2.75, 3.05) is 26.8 Å². The van der Waals surface area contributed by atoms with Crippen molar-refractivity contribution in [3.05, 3.63) is 89.0 Å². The molecule has 1 fully saturated rings.